The molecule has 0 bridgehead atoms. The molecule has 5 rings (SSSR count). The molecule has 8 heteroatoms. The smallest absolute Gasteiger partial charge is 0.323 e. The fourth-order valence-corrected chi connectivity index (χ4v) is 5.55. The quantitative estimate of drug-likeness (QED) is 0.307. The van der Waals surface area contributed by atoms with E-state index >= 15 is 0 Å². The van der Waals surface area contributed by atoms with Crippen LogP contribution in [0.25, 0.3) is 0 Å². The lowest BCUT2D eigenvalue weighted by Crippen LogP contribution is -2.37. The molecular formula is C31H35ClN4O3. The number of urea groups is 1. The van der Waals surface area contributed by atoms with Crippen molar-refractivity contribution in [3.05, 3.63) is 88.9 Å². The number of carbonyl (C=O) groups is 2. The number of halogens is 1. The lowest BCUT2D eigenvalue weighted by Gasteiger charge is -2.35. The third kappa shape index (κ3) is 7.52. The molecule has 3 N–H and O–H groups in total. The summed E-state index contributed by atoms with van der Waals surface area (Å²) in [6.45, 7) is 2.98. The number of nitrogens with one attached hydrogen (secondary N) is 3. The Morgan fingerprint density at radius 2 is 1.67 bits per heavy atom. The third-order valence-electron chi connectivity index (χ3n) is 7.42. The average molecular weight is 547 g/mol. The Labute approximate surface area is 234 Å². The van der Waals surface area contributed by atoms with Crippen LogP contribution in [0.3, 0.4) is 0 Å². The molecule has 1 atom stereocenters. The molecule has 3 aromatic rings. The molecule has 204 valence electrons. The van der Waals surface area contributed by atoms with Crippen molar-refractivity contribution >= 4 is 40.6 Å². The fraction of sp³-hybridized carbons (Fsp3) is 0.355. The van der Waals surface area contributed by atoms with Gasteiger partial charge in [-0.25, -0.2) is 4.79 Å². The topological polar surface area (TPSA) is 82.7 Å². The fourth-order valence-electron chi connectivity index (χ4n) is 5.36. The number of hydrogen-bond donors (Lipinski definition) is 3. The molecule has 2 aliphatic heterocycles. The van der Waals surface area contributed by atoms with E-state index in [-0.39, 0.29) is 12.0 Å². The number of ether oxygens (including phenoxy) is 1. The number of piperidine rings is 1. The van der Waals surface area contributed by atoms with Crippen molar-refractivity contribution in [3.8, 4) is 0 Å². The Balaban J connectivity index is 1.28. The zero-order chi connectivity index (χ0) is 27.0. The van der Waals surface area contributed by atoms with Gasteiger partial charge >= 0.3 is 6.03 Å². The van der Waals surface area contributed by atoms with E-state index in [2.05, 4.69) is 51.2 Å². The number of rotatable bonds is 8. The summed E-state index contributed by atoms with van der Waals surface area (Å²) in [5.74, 6) is 0.461. The first-order chi connectivity index (χ1) is 19.0. The molecule has 0 radical (unpaired) electrons. The van der Waals surface area contributed by atoms with Gasteiger partial charge in [0, 0.05) is 48.3 Å². The highest BCUT2D eigenvalue weighted by molar-refractivity contribution is 6.30. The first kappa shape index (κ1) is 27.0. The van der Waals surface area contributed by atoms with E-state index in [4.69, 9.17) is 16.3 Å². The Morgan fingerprint density at radius 3 is 2.38 bits per heavy atom. The summed E-state index contributed by atoms with van der Waals surface area (Å²) in [4.78, 5) is 28.3. The monoisotopic (exact) mass is 546 g/mol. The van der Waals surface area contributed by atoms with Crippen molar-refractivity contribution in [3.63, 3.8) is 0 Å². The molecule has 2 aliphatic rings. The van der Waals surface area contributed by atoms with Crippen molar-refractivity contribution in [2.24, 2.45) is 5.92 Å². The van der Waals surface area contributed by atoms with E-state index in [0.29, 0.717) is 34.4 Å². The summed E-state index contributed by atoms with van der Waals surface area (Å²) < 4.78 is 5.69. The SMILES string of the molecule is O=C(Nc1cccc(Cl)c1)Nc1ccc(N2CCC(Cc3ccccc3)CC2)c(C(=O)NCC2CCCO2)c1. The van der Waals surface area contributed by atoms with Crippen LogP contribution in [0, 0.1) is 5.92 Å². The van der Waals surface area contributed by atoms with Crippen molar-refractivity contribution in [1.29, 1.82) is 0 Å². The van der Waals surface area contributed by atoms with Crippen LogP contribution in [0.15, 0.2) is 72.8 Å². The number of anilines is 3. The van der Waals surface area contributed by atoms with Gasteiger partial charge in [-0.1, -0.05) is 48.0 Å². The van der Waals surface area contributed by atoms with Crippen LogP contribution in [0.4, 0.5) is 21.9 Å². The summed E-state index contributed by atoms with van der Waals surface area (Å²) in [7, 11) is 0. The predicted molar refractivity (Wildman–Crippen MR) is 157 cm³/mol. The highest BCUT2D eigenvalue weighted by Crippen LogP contribution is 2.30. The molecule has 2 fully saturated rings. The zero-order valence-corrected chi connectivity index (χ0v) is 22.8. The van der Waals surface area contributed by atoms with Crippen LogP contribution < -0.4 is 20.9 Å². The average Bonchev–Trinajstić information content (AvgIpc) is 3.47. The van der Waals surface area contributed by atoms with Gasteiger partial charge in [-0.3, -0.25) is 4.79 Å². The Bertz CT molecular complexity index is 1270. The molecule has 0 aromatic heterocycles. The van der Waals surface area contributed by atoms with Crippen LogP contribution in [0.1, 0.15) is 41.6 Å². The molecular weight excluding hydrogens is 512 g/mol. The maximum atomic E-state index is 13.4. The lowest BCUT2D eigenvalue weighted by molar-refractivity contribution is 0.0858. The van der Waals surface area contributed by atoms with Gasteiger partial charge in [0.2, 0.25) is 0 Å². The van der Waals surface area contributed by atoms with Crippen LogP contribution in [-0.4, -0.2) is 44.3 Å². The van der Waals surface area contributed by atoms with E-state index in [1.807, 2.05) is 12.1 Å². The predicted octanol–water partition coefficient (Wildman–Crippen LogP) is 6.35. The second-order valence-corrected chi connectivity index (χ2v) is 10.7. The van der Waals surface area contributed by atoms with E-state index in [0.717, 1.165) is 57.5 Å². The normalized spacial score (nSPS) is 17.6. The molecule has 2 heterocycles. The number of benzene rings is 3. The third-order valence-corrected chi connectivity index (χ3v) is 7.65. The van der Waals surface area contributed by atoms with Crippen molar-refractivity contribution in [2.75, 3.05) is 41.8 Å². The maximum absolute atomic E-state index is 13.4. The molecule has 7 nitrogen and oxygen atoms in total. The van der Waals surface area contributed by atoms with Crippen molar-refractivity contribution in [1.82, 2.24) is 5.32 Å². The van der Waals surface area contributed by atoms with Gasteiger partial charge in [-0.15, -0.1) is 0 Å². The molecule has 2 saturated heterocycles. The maximum Gasteiger partial charge on any atom is 0.323 e. The summed E-state index contributed by atoms with van der Waals surface area (Å²) >= 11 is 6.03. The Morgan fingerprint density at radius 1 is 0.897 bits per heavy atom. The minimum absolute atomic E-state index is 0.0518. The second kappa shape index (κ2) is 13.0. The van der Waals surface area contributed by atoms with Gasteiger partial charge in [0.05, 0.1) is 11.7 Å². The molecule has 0 aliphatic carbocycles. The summed E-state index contributed by atoms with van der Waals surface area (Å²) in [6, 6.07) is 22.7. The largest absolute Gasteiger partial charge is 0.376 e. The molecule has 39 heavy (non-hydrogen) atoms. The first-order valence-corrected chi connectivity index (χ1v) is 14.1. The molecule has 1 unspecified atom stereocenters. The van der Waals surface area contributed by atoms with Crippen LogP contribution in [0.2, 0.25) is 5.02 Å². The van der Waals surface area contributed by atoms with Gasteiger partial charge in [0.25, 0.3) is 5.91 Å². The summed E-state index contributed by atoms with van der Waals surface area (Å²) in [5, 5.41) is 9.23. The Kier molecular flexibility index (Phi) is 9.01. The van der Waals surface area contributed by atoms with Gasteiger partial charge in [0.1, 0.15) is 0 Å². The minimum Gasteiger partial charge on any atom is -0.376 e. The highest BCUT2D eigenvalue weighted by atomic mass is 35.5. The standard InChI is InChI=1S/C31H35ClN4O3/c32-24-8-4-9-25(19-24)34-31(38)35-26-11-12-29(28(20-26)30(37)33-21-27-10-5-17-39-27)36-15-13-23(14-16-36)18-22-6-2-1-3-7-22/h1-4,6-9,11-12,19-20,23,27H,5,10,13-18,21H2,(H,33,37)(H2,34,35,38). The lowest BCUT2D eigenvalue weighted by atomic mass is 9.89. The van der Waals surface area contributed by atoms with Gasteiger partial charge in [0.15, 0.2) is 0 Å². The minimum atomic E-state index is -0.405. The number of hydrogen-bond acceptors (Lipinski definition) is 4. The zero-order valence-electron chi connectivity index (χ0n) is 22.0. The van der Waals surface area contributed by atoms with Crippen molar-refractivity contribution in [2.45, 2.75) is 38.2 Å². The second-order valence-electron chi connectivity index (χ2n) is 10.3. The number of amides is 3. The summed E-state index contributed by atoms with van der Waals surface area (Å²) in [6.07, 6.45) is 5.23. The number of carbonyl (C=O) groups excluding carboxylic acids is 2. The van der Waals surface area contributed by atoms with Gasteiger partial charge < -0.3 is 25.6 Å². The van der Waals surface area contributed by atoms with E-state index in [1.54, 1.807) is 30.3 Å². The van der Waals surface area contributed by atoms with Crippen molar-refractivity contribution < 1.29 is 14.3 Å². The molecule has 3 aromatic carbocycles. The summed E-state index contributed by atoms with van der Waals surface area (Å²) in [5.41, 5.74) is 3.94. The van der Waals surface area contributed by atoms with Gasteiger partial charge in [-0.2, -0.15) is 0 Å². The highest BCUT2D eigenvalue weighted by Gasteiger charge is 2.25. The number of nitrogens with zero attached hydrogens (tertiary/aromatic N) is 1. The van der Waals surface area contributed by atoms with Crippen LogP contribution in [-0.2, 0) is 11.2 Å². The van der Waals surface area contributed by atoms with E-state index < -0.39 is 6.03 Å². The van der Waals surface area contributed by atoms with E-state index in [1.165, 1.54) is 5.56 Å². The molecule has 0 saturated carbocycles. The van der Waals surface area contributed by atoms with Crippen LogP contribution in [0.5, 0.6) is 0 Å². The first-order valence-electron chi connectivity index (χ1n) is 13.7. The van der Waals surface area contributed by atoms with Crippen LogP contribution >= 0.6 is 11.6 Å². The molecule has 3 amide bonds. The van der Waals surface area contributed by atoms with E-state index in [9.17, 15) is 9.59 Å². The Hall–Kier alpha value is -3.55. The van der Waals surface area contributed by atoms with Gasteiger partial charge in [-0.05, 0) is 80.0 Å². The molecule has 0 spiro atoms.